The second-order valence-electron chi connectivity index (χ2n) is 4.37. The fourth-order valence-electron chi connectivity index (χ4n) is 2.05. The number of H-pyrrole nitrogens is 1. The molecule has 0 radical (unpaired) electrons. The summed E-state index contributed by atoms with van der Waals surface area (Å²) < 4.78 is 5.69. The molecule has 2 heterocycles. The van der Waals surface area contributed by atoms with Crippen LogP contribution in [-0.2, 0) is 0 Å². The van der Waals surface area contributed by atoms with E-state index in [1.54, 1.807) is 31.2 Å². The lowest BCUT2D eigenvalue weighted by molar-refractivity contribution is 0.0697. The number of nitrogens with one attached hydrogen (secondary N) is 1. The Morgan fingerprint density at radius 1 is 1.43 bits per heavy atom. The number of nitrogens with zero attached hydrogens (tertiary/aromatic N) is 2. The van der Waals surface area contributed by atoms with Gasteiger partial charge in [-0.3, -0.25) is 0 Å². The molecule has 0 aliphatic rings. The van der Waals surface area contributed by atoms with Crippen LogP contribution in [0.3, 0.4) is 0 Å². The number of pyridine rings is 1. The largest absolute Gasteiger partial charge is 0.478 e. The van der Waals surface area contributed by atoms with Crippen LogP contribution in [0, 0.1) is 6.92 Å². The quantitative estimate of drug-likeness (QED) is 0.774. The van der Waals surface area contributed by atoms with E-state index in [4.69, 9.17) is 16.3 Å². The molecule has 0 spiro atoms. The van der Waals surface area contributed by atoms with E-state index in [0.717, 1.165) is 0 Å². The number of carbonyl (C=O) groups is 1. The zero-order valence-corrected chi connectivity index (χ0v) is 11.7. The van der Waals surface area contributed by atoms with Crippen LogP contribution in [0.5, 0.6) is 11.6 Å². The predicted octanol–water partition coefficient (Wildman–Crippen LogP) is 3.41. The monoisotopic (exact) mass is 303 g/mol. The number of hydrogen-bond donors (Lipinski definition) is 2. The number of hydrogen-bond acceptors (Lipinski definition) is 4. The number of aromatic carboxylic acids is 1. The molecular weight excluding hydrogens is 294 g/mol. The zero-order valence-electron chi connectivity index (χ0n) is 10.9. The maximum atomic E-state index is 11.3. The second kappa shape index (κ2) is 5.06. The van der Waals surface area contributed by atoms with E-state index < -0.39 is 5.97 Å². The van der Waals surface area contributed by atoms with Gasteiger partial charge in [-0.05, 0) is 25.1 Å². The minimum Gasteiger partial charge on any atom is -0.478 e. The molecule has 6 nitrogen and oxygen atoms in total. The molecule has 0 saturated heterocycles. The van der Waals surface area contributed by atoms with Crippen LogP contribution in [0.1, 0.15) is 16.1 Å². The number of aromatic nitrogens is 3. The Balaban J connectivity index is 2.14. The summed E-state index contributed by atoms with van der Waals surface area (Å²) in [7, 11) is 0. The highest BCUT2D eigenvalue weighted by atomic mass is 35.5. The SMILES string of the molecule is Cc1nc(Oc2cccc(Cl)c2)c2[nH]cnc2c1C(=O)O. The third-order valence-corrected chi connectivity index (χ3v) is 3.18. The molecule has 1 aromatic carbocycles. The number of halogens is 1. The molecule has 3 aromatic rings. The first-order valence-corrected chi connectivity index (χ1v) is 6.44. The predicted molar refractivity (Wildman–Crippen MR) is 77.1 cm³/mol. The highest BCUT2D eigenvalue weighted by molar-refractivity contribution is 6.30. The molecule has 7 heteroatoms. The number of ether oxygens (including phenoxy) is 1. The van der Waals surface area contributed by atoms with Crippen LogP contribution in [0.15, 0.2) is 30.6 Å². The van der Waals surface area contributed by atoms with Gasteiger partial charge in [0.05, 0.1) is 12.0 Å². The molecule has 0 saturated carbocycles. The molecule has 0 aliphatic heterocycles. The Morgan fingerprint density at radius 2 is 2.24 bits per heavy atom. The van der Waals surface area contributed by atoms with Crippen LogP contribution in [0.25, 0.3) is 11.0 Å². The molecule has 0 amide bonds. The third-order valence-electron chi connectivity index (χ3n) is 2.95. The van der Waals surface area contributed by atoms with Crippen LogP contribution in [0.2, 0.25) is 5.02 Å². The first-order valence-electron chi connectivity index (χ1n) is 6.06. The average Bonchev–Trinajstić information content (AvgIpc) is 2.87. The van der Waals surface area contributed by atoms with Gasteiger partial charge in [-0.1, -0.05) is 17.7 Å². The number of carboxylic acid groups (broad SMARTS) is 1. The van der Waals surface area contributed by atoms with Gasteiger partial charge >= 0.3 is 5.97 Å². The normalized spacial score (nSPS) is 10.8. The molecule has 21 heavy (non-hydrogen) atoms. The van der Waals surface area contributed by atoms with Crippen molar-refractivity contribution in [2.24, 2.45) is 0 Å². The lowest BCUT2D eigenvalue weighted by Gasteiger charge is -2.09. The Bertz CT molecular complexity index is 845. The summed E-state index contributed by atoms with van der Waals surface area (Å²) in [5.74, 6) is -0.313. The van der Waals surface area contributed by atoms with Crippen LogP contribution in [-0.4, -0.2) is 26.0 Å². The van der Waals surface area contributed by atoms with Gasteiger partial charge < -0.3 is 14.8 Å². The zero-order chi connectivity index (χ0) is 15.0. The van der Waals surface area contributed by atoms with Gasteiger partial charge in [-0.25, -0.2) is 14.8 Å². The first kappa shape index (κ1) is 13.4. The van der Waals surface area contributed by atoms with Crippen molar-refractivity contribution >= 4 is 28.6 Å². The van der Waals surface area contributed by atoms with Crippen molar-refractivity contribution in [3.8, 4) is 11.6 Å². The maximum absolute atomic E-state index is 11.3. The van der Waals surface area contributed by atoms with Crippen molar-refractivity contribution in [1.29, 1.82) is 0 Å². The number of aromatic amines is 1. The fraction of sp³-hybridized carbons (Fsp3) is 0.0714. The molecule has 0 atom stereocenters. The Hall–Kier alpha value is -2.60. The van der Waals surface area contributed by atoms with Crippen molar-refractivity contribution in [3.05, 3.63) is 46.9 Å². The van der Waals surface area contributed by atoms with Crippen molar-refractivity contribution in [2.75, 3.05) is 0 Å². The number of aryl methyl sites for hydroxylation is 1. The van der Waals surface area contributed by atoms with Crippen LogP contribution < -0.4 is 4.74 Å². The van der Waals surface area contributed by atoms with Gasteiger partial charge in [0.15, 0.2) is 0 Å². The topological polar surface area (TPSA) is 88.1 Å². The molecule has 0 bridgehead atoms. The smallest absolute Gasteiger partial charge is 0.339 e. The third kappa shape index (κ3) is 2.41. The van der Waals surface area contributed by atoms with Gasteiger partial charge in [-0.2, -0.15) is 0 Å². The number of carboxylic acids is 1. The standard InChI is InChI=1S/C14H10ClN3O3/c1-7-10(14(19)20)11-12(17-6-16-11)13(18-7)21-9-4-2-3-8(15)5-9/h2-6H,1H3,(H,16,17)(H,19,20). The molecular formula is C14H10ClN3O3. The van der Waals surface area contributed by atoms with E-state index in [2.05, 4.69) is 15.0 Å². The summed E-state index contributed by atoms with van der Waals surface area (Å²) in [5, 5.41) is 9.78. The maximum Gasteiger partial charge on any atom is 0.339 e. The minimum absolute atomic E-state index is 0.0599. The number of fused-ring (bicyclic) bond motifs is 1. The molecule has 0 fully saturated rings. The molecule has 3 rings (SSSR count). The van der Waals surface area contributed by atoms with Gasteiger partial charge in [0, 0.05) is 5.02 Å². The van der Waals surface area contributed by atoms with Gasteiger partial charge in [-0.15, -0.1) is 0 Å². The van der Waals surface area contributed by atoms with Gasteiger partial charge in [0.2, 0.25) is 5.88 Å². The second-order valence-corrected chi connectivity index (χ2v) is 4.80. The highest BCUT2D eigenvalue weighted by Crippen LogP contribution is 2.30. The molecule has 0 aliphatic carbocycles. The average molecular weight is 304 g/mol. The van der Waals surface area contributed by atoms with Crippen molar-refractivity contribution in [3.63, 3.8) is 0 Å². The Labute approximate surface area is 124 Å². The molecule has 2 N–H and O–H groups in total. The lowest BCUT2D eigenvalue weighted by Crippen LogP contribution is -2.04. The fourth-order valence-corrected chi connectivity index (χ4v) is 2.23. The number of rotatable bonds is 3. The first-order chi connectivity index (χ1) is 10.1. The van der Waals surface area contributed by atoms with E-state index in [1.165, 1.54) is 6.33 Å². The van der Waals surface area contributed by atoms with E-state index >= 15 is 0 Å². The number of imidazole rings is 1. The summed E-state index contributed by atoms with van der Waals surface area (Å²) in [6.07, 6.45) is 1.41. The highest BCUT2D eigenvalue weighted by Gasteiger charge is 2.20. The summed E-state index contributed by atoms with van der Waals surface area (Å²) >= 11 is 5.91. The van der Waals surface area contributed by atoms with E-state index in [0.29, 0.717) is 27.5 Å². The van der Waals surface area contributed by atoms with E-state index in [1.807, 2.05) is 0 Å². The van der Waals surface area contributed by atoms with Crippen molar-refractivity contribution < 1.29 is 14.6 Å². The van der Waals surface area contributed by atoms with Crippen molar-refractivity contribution in [1.82, 2.24) is 15.0 Å². The molecule has 2 aromatic heterocycles. The van der Waals surface area contributed by atoms with Crippen LogP contribution in [0.4, 0.5) is 0 Å². The Kier molecular flexibility index (Phi) is 3.23. The van der Waals surface area contributed by atoms with E-state index in [9.17, 15) is 9.90 Å². The number of benzene rings is 1. The summed E-state index contributed by atoms with van der Waals surface area (Å²) in [6, 6.07) is 6.86. The summed E-state index contributed by atoms with van der Waals surface area (Å²) in [6.45, 7) is 1.60. The summed E-state index contributed by atoms with van der Waals surface area (Å²) in [4.78, 5) is 22.4. The van der Waals surface area contributed by atoms with Crippen molar-refractivity contribution in [2.45, 2.75) is 6.92 Å². The van der Waals surface area contributed by atoms with Crippen LogP contribution >= 0.6 is 11.6 Å². The Morgan fingerprint density at radius 3 is 2.95 bits per heavy atom. The lowest BCUT2D eigenvalue weighted by atomic mass is 10.1. The van der Waals surface area contributed by atoms with Gasteiger partial charge in [0.1, 0.15) is 22.3 Å². The molecule has 0 unspecified atom stereocenters. The van der Waals surface area contributed by atoms with Gasteiger partial charge in [0.25, 0.3) is 0 Å². The minimum atomic E-state index is -1.08. The molecule has 106 valence electrons. The van der Waals surface area contributed by atoms with E-state index in [-0.39, 0.29) is 11.4 Å². The summed E-state index contributed by atoms with van der Waals surface area (Å²) in [5.41, 5.74) is 1.13.